The Kier molecular flexibility index (Phi) is 43.5. The van der Waals surface area contributed by atoms with Crippen molar-refractivity contribution in [2.24, 2.45) is 0 Å². The molecule has 0 bridgehead atoms. The summed E-state index contributed by atoms with van der Waals surface area (Å²) in [5.74, 6) is 18.9. The smallest absolute Gasteiger partial charge is 0.0134 e. The van der Waals surface area contributed by atoms with Crippen LogP contribution in [0, 0.1) is 51.3 Å². The van der Waals surface area contributed by atoms with Gasteiger partial charge in [-0.2, -0.15) is 0 Å². The molecule has 0 atom stereocenters. The van der Waals surface area contributed by atoms with Crippen LogP contribution in [-0.4, -0.2) is 24.2 Å². The predicted octanol–water partition coefficient (Wildman–Crippen LogP) is 29.2. The van der Waals surface area contributed by atoms with Gasteiger partial charge in [0.25, 0.3) is 0 Å². The number of terminal acetylenes is 2. The van der Waals surface area contributed by atoms with E-state index in [1.165, 1.54) is 34.7 Å². The van der Waals surface area contributed by atoms with E-state index in [2.05, 4.69) is 477 Å². The Morgan fingerprint density at radius 1 is 0.312 bits per heavy atom. The first kappa shape index (κ1) is 99.1. The van der Waals surface area contributed by atoms with Gasteiger partial charge in [0.15, 0.2) is 0 Å². The Hall–Kier alpha value is -3.50. The molecule has 0 aliphatic heterocycles. The minimum atomic E-state index is -1.66. The maximum atomic E-state index is 5.26. The van der Waals surface area contributed by atoms with Gasteiger partial charge in [-0.05, 0) is 240 Å². The van der Waals surface area contributed by atoms with Crippen LogP contribution < -0.4 is 45.3 Å². The molecule has 0 radical (unpaired) electrons. The molecule has 112 heavy (non-hydrogen) atoms. The molecule has 0 aliphatic carbocycles. The topological polar surface area (TPSA) is 0 Å². The standard InChI is InChI=1S/C36H48Br2S2Si2.2C18H15P.C13H23ISSi.C10H4Br2.CH4.2ClH.Pd/c1-23(2)41(24(3)4,25(5)6)35-19-17-31(39-35)15-13-29-21-34(38)30(22-33(29)37)14-16-32-18-20-36(40-32)42(26(7)8,27(9)10)28(11)12;2*1-4-10-16(11-5-1)19(17-12-6-2-7-13-17)18-14-8-3-9-15-18;1-9(2)16(10(3)4,11(5)6)13-8-7-12(14)15-13;1-3-7-5-10(12)8(4-2)6-9(7)11;;;;/h17-28H,1-12H3;2*1-15H;7-11H,1-6H3;1-2,5-6H;1H4;2*1H;/q;;;;;;;;+2/p-2. The van der Waals surface area contributed by atoms with E-state index in [1.807, 2.05) is 46.1 Å². The van der Waals surface area contributed by atoms with Crippen molar-refractivity contribution in [3.63, 3.8) is 0 Å². The number of hydrogen-bond donors (Lipinski definition) is 0. The van der Waals surface area contributed by atoms with Gasteiger partial charge >= 0.3 is 35.0 Å². The Morgan fingerprint density at radius 2 is 0.509 bits per heavy atom. The van der Waals surface area contributed by atoms with Crippen LogP contribution in [0.1, 0.15) is 164 Å². The molecule has 0 saturated carbocycles. The molecule has 16 heteroatoms. The van der Waals surface area contributed by atoms with Crippen molar-refractivity contribution in [1.82, 2.24) is 0 Å². The Labute approximate surface area is 757 Å². The Bertz CT molecular complexity index is 4340. The van der Waals surface area contributed by atoms with Crippen LogP contribution in [0.5, 0.6) is 0 Å². The van der Waals surface area contributed by atoms with Crippen molar-refractivity contribution in [2.75, 3.05) is 0 Å². The molecule has 11 rings (SSSR count). The first-order valence-electron chi connectivity index (χ1n) is 37.6. The van der Waals surface area contributed by atoms with E-state index >= 15 is 0 Å². The van der Waals surface area contributed by atoms with Gasteiger partial charge in [0.05, 0.1) is 12.6 Å². The number of thiophene rings is 3. The third-order valence-electron chi connectivity index (χ3n) is 20.8. The van der Waals surface area contributed by atoms with Crippen LogP contribution in [0.15, 0.2) is 261 Å². The summed E-state index contributed by atoms with van der Waals surface area (Å²) in [6.07, 6.45) is 10.5. The SMILES string of the molecule is C.C#Cc1cc(Br)c(C#C)cc1Br.CC(C)[Si](c1ccc(C#Cc2cc(Br)c(C#Cc3ccc([Si](C(C)C)(C(C)C)C(C)C)s3)cc2Br)s1)(C(C)C)C(C)C.CC(C)[Si](c1ccc(I)s1)(C(C)C)C(C)C.[Cl][Pd][Cl].c1ccc(P(c2ccccc2)c2ccccc2)cc1.c1ccc(P(c2ccccc2)c2ccccc2)cc1. The van der Waals surface area contributed by atoms with Crippen LogP contribution in [0.25, 0.3) is 0 Å². The van der Waals surface area contributed by atoms with Crippen LogP contribution in [0.4, 0.5) is 0 Å². The van der Waals surface area contributed by atoms with Crippen LogP contribution >= 0.6 is 155 Å². The third-order valence-corrected chi connectivity index (χ3v) is 56.0. The molecule has 3 aromatic heterocycles. The summed E-state index contributed by atoms with van der Waals surface area (Å²) in [7, 11) is 4.05. The monoisotopic (exact) mass is 2120 g/mol. The molecule has 3 heterocycles. The molecule has 592 valence electrons. The quantitative estimate of drug-likeness (QED) is 0.0348. The van der Waals surface area contributed by atoms with Gasteiger partial charge in [0.2, 0.25) is 0 Å². The zero-order valence-corrected chi connectivity index (χ0v) is 85.8. The van der Waals surface area contributed by atoms with Gasteiger partial charge in [-0.25, -0.2) is 0 Å². The van der Waals surface area contributed by atoms with Crippen LogP contribution in [0.3, 0.4) is 0 Å². The van der Waals surface area contributed by atoms with Gasteiger partial charge in [0.1, 0.15) is 24.2 Å². The number of benzene rings is 8. The largest absolute Gasteiger partial charge is 0.0622 e. The molecule has 0 aliphatic rings. The minimum absolute atomic E-state index is 0. The summed E-state index contributed by atoms with van der Waals surface area (Å²) in [4.78, 5) is 2.29. The second kappa shape index (κ2) is 49.2. The Morgan fingerprint density at radius 3 is 0.705 bits per heavy atom. The molecular formula is C96H109Br4Cl2IP2PdS3Si3. The maximum Gasteiger partial charge on any atom is -0.0134 e. The number of rotatable bonds is 18. The molecule has 8 aromatic carbocycles. The van der Waals surface area contributed by atoms with Gasteiger partial charge in [-0.1, -0.05) is 368 Å². The van der Waals surface area contributed by atoms with Gasteiger partial charge in [-0.15, -0.1) is 46.9 Å². The zero-order chi connectivity index (χ0) is 81.8. The van der Waals surface area contributed by atoms with Crippen molar-refractivity contribution >= 4 is 225 Å². The summed E-state index contributed by atoms with van der Waals surface area (Å²) in [6, 6.07) is 86.4. The van der Waals surface area contributed by atoms with E-state index in [4.69, 9.17) is 31.9 Å². The summed E-state index contributed by atoms with van der Waals surface area (Å²) in [6.45, 7) is 43.6. The fraction of sp³-hybridized carbons (Fsp3) is 0.292. The average Bonchev–Trinajstić information content (AvgIpc) is 1.51. The van der Waals surface area contributed by atoms with Crippen molar-refractivity contribution in [3.8, 4) is 48.4 Å². The number of hydrogen-bond acceptors (Lipinski definition) is 3. The normalized spacial score (nSPS) is 11.3. The van der Waals surface area contributed by atoms with Crippen molar-refractivity contribution in [3.05, 3.63) is 295 Å². The molecule has 11 aromatic rings. The predicted molar refractivity (Wildman–Crippen MR) is 538 cm³/mol. The second-order valence-corrected chi connectivity index (χ2v) is 63.8. The Balaban J connectivity index is 0.000000268. The van der Waals surface area contributed by atoms with Gasteiger partial charge < -0.3 is 0 Å². The minimum Gasteiger partial charge on any atom is -0.0622 e. The molecule has 0 nitrogen and oxygen atoms in total. The van der Waals surface area contributed by atoms with E-state index in [0.717, 1.165) is 66.5 Å². The zero-order valence-electron chi connectivity index (χ0n) is 67.0. The molecule has 0 spiro atoms. The fourth-order valence-corrected chi connectivity index (χ4v) is 53.8. The fourth-order valence-electron chi connectivity index (χ4n) is 16.5. The van der Waals surface area contributed by atoms with E-state index in [1.54, 1.807) is 13.5 Å². The van der Waals surface area contributed by atoms with Crippen molar-refractivity contribution in [1.29, 1.82) is 0 Å². The maximum absolute atomic E-state index is 5.26. The molecule has 0 unspecified atom stereocenters. The second-order valence-electron chi connectivity index (χ2n) is 29.8. The van der Waals surface area contributed by atoms with Gasteiger partial charge in [-0.3, -0.25) is 0 Å². The van der Waals surface area contributed by atoms with Crippen LogP contribution in [0.2, 0.25) is 49.9 Å². The first-order chi connectivity index (χ1) is 52.9. The van der Waals surface area contributed by atoms with Gasteiger partial charge in [0, 0.05) is 40.1 Å². The molecule has 0 fully saturated rings. The summed E-state index contributed by atoms with van der Waals surface area (Å²) >= 11 is 22.4. The molecule has 0 amide bonds. The molecule has 0 N–H and O–H groups in total. The summed E-state index contributed by atoms with van der Waals surface area (Å²) in [5.41, 5.74) is 10.2. The van der Waals surface area contributed by atoms with Crippen LogP contribution in [-0.2, 0) is 15.9 Å². The third kappa shape index (κ3) is 26.0. The van der Waals surface area contributed by atoms with Crippen molar-refractivity contribution < 1.29 is 15.9 Å². The first-order valence-corrected chi connectivity index (χ1v) is 57.7. The van der Waals surface area contributed by atoms with E-state index < -0.39 is 40.1 Å². The van der Waals surface area contributed by atoms with Crippen molar-refractivity contribution in [2.45, 2.75) is 182 Å². The number of halogens is 7. The molecule has 0 saturated heterocycles. The molecular weight excluding hydrogens is 2020 g/mol. The summed E-state index contributed by atoms with van der Waals surface area (Å²) in [5, 5.41) is 8.39. The van der Waals surface area contributed by atoms with E-state index in [9.17, 15) is 0 Å². The van der Waals surface area contributed by atoms with E-state index in [0.29, 0.717) is 33.2 Å². The van der Waals surface area contributed by atoms with E-state index in [-0.39, 0.29) is 23.4 Å². The summed E-state index contributed by atoms with van der Waals surface area (Å²) < 4.78 is 9.97. The average molecular weight is 2130 g/mol.